The average molecular weight is 292 g/mol. The highest BCUT2D eigenvalue weighted by Gasteiger charge is 2.28. The van der Waals surface area contributed by atoms with Crippen LogP contribution >= 0.6 is 0 Å². The highest BCUT2D eigenvalue weighted by molar-refractivity contribution is 5.76. The van der Waals surface area contributed by atoms with Crippen molar-refractivity contribution in [3.63, 3.8) is 0 Å². The Labute approximate surface area is 126 Å². The summed E-state index contributed by atoms with van der Waals surface area (Å²) < 4.78 is 11.2. The molecule has 1 fully saturated rings. The first-order valence-electron chi connectivity index (χ1n) is 7.40. The van der Waals surface area contributed by atoms with Gasteiger partial charge in [0.15, 0.2) is 0 Å². The third-order valence-corrected chi connectivity index (χ3v) is 3.66. The fourth-order valence-corrected chi connectivity index (χ4v) is 2.41. The maximum Gasteiger partial charge on any atom is 0.226 e. The van der Waals surface area contributed by atoms with Crippen LogP contribution in [0.4, 0.5) is 0 Å². The SMILES string of the molecule is Cc1cccc(OCCC(=O)N2CC(CN)OCC2C)c1. The normalized spacial score (nSPS) is 22.1. The van der Waals surface area contributed by atoms with Crippen LogP contribution in [0.1, 0.15) is 18.9 Å². The van der Waals surface area contributed by atoms with Crippen molar-refractivity contribution in [3.8, 4) is 5.75 Å². The number of aryl methyl sites for hydroxylation is 1. The number of amides is 1. The number of nitrogens with zero attached hydrogens (tertiary/aromatic N) is 1. The van der Waals surface area contributed by atoms with Crippen LogP contribution in [0.2, 0.25) is 0 Å². The topological polar surface area (TPSA) is 64.8 Å². The Kier molecular flexibility index (Phi) is 5.59. The molecule has 1 aliphatic heterocycles. The van der Waals surface area contributed by atoms with Crippen molar-refractivity contribution in [1.82, 2.24) is 4.90 Å². The first-order valence-corrected chi connectivity index (χ1v) is 7.40. The zero-order chi connectivity index (χ0) is 15.2. The molecule has 0 saturated carbocycles. The van der Waals surface area contributed by atoms with Crippen molar-refractivity contribution < 1.29 is 14.3 Å². The molecular weight excluding hydrogens is 268 g/mol. The van der Waals surface area contributed by atoms with E-state index >= 15 is 0 Å². The van der Waals surface area contributed by atoms with E-state index in [4.69, 9.17) is 15.2 Å². The zero-order valence-corrected chi connectivity index (χ0v) is 12.7. The molecule has 0 spiro atoms. The van der Waals surface area contributed by atoms with Crippen LogP contribution in [-0.4, -0.2) is 49.3 Å². The van der Waals surface area contributed by atoms with Gasteiger partial charge >= 0.3 is 0 Å². The number of ether oxygens (including phenoxy) is 2. The van der Waals surface area contributed by atoms with Gasteiger partial charge in [0.05, 0.1) is 31.8 Å². The molecule has 2 N–H and O–H groups in total. The molecule has 2 unspecified atom stereocenters. The van der Waals surface area contributed by atoms with Gasteiger partial charge < -0.3 is 20.1 Å². The summed E-state index contributed by atoms with van der Waals surface area (Å²) in [6.07, 6.45) is 0.318. The van der Waals surface area contributed by atoms with Gasteiger partial charge in [-0.15, -0.1) is 0 Å². The minimum Gasteiger partial charge on any atom is -0.493 e. The van der Waals surface area contributed by atoms with Gasteiger partial charge in [0, 0.05) is 13.1 Å². The molecular formula is C16H24N2O3. The first kappa shape index (κ1) is 15.8. The van der Waals surface area contributed by atoms with Crippen molar-refractivity contribution in [1.29, 1.82) is 0 Å². The highest BCUT2D eigenvalue weighted by Crippen LogP contribution is 2.15. The summed E-state index contributed by atoms with van der Waals surface area (Å²) >= 11 is 0. The molecule has 0 bridgehead atoms. The number of carbonyl (C=O) groups excluding carboxylic acids is 1. The summed E-state index contributed by atoms with van der Waals surface area (Å²) in [6.45, 7) is 5.95. The molecule has 1 aromatic rings. The van der Waals surface area contributed by atoms with Gasteiger partial charge in [-0.25, -0.2) is 0 Å². The van der Waals surface area contributed by atoms with Crippen LogP contribution in [-0.2, 0) is 9.53 Å². The Hall–Kier alpha value is -1.59. The molecule has 5 nitrogen and oxygen atoms in total. The van der Waals surface area contributed by atoms with Gasteiger partial charge in [0.2, 0.25) is 5.91 Å². The molecule has 1 aliphatic rings. The lowest BCUT2D eigenvalue weighted by atomic mass is 10.2. The first-order chi connectivity index (χ1) is 10.1. The molecule has 0 aromatic heterocycles. The summed E-state index contributed by atoms with van der Waals surface area (Å²) in [7, 11) is 0. The largest absolute Gasteiger partial charge is 0.493 e. The van der Waals surface area contributed by atoms with Gasteiger partial charge in [-0.05, 0) is 31.5 Å². The number of nitrogens with two attached hydrogens (primary N) is 1. The number of hydrogen-bond acceptors (Lipinski definition) is 4. The lowest BCUT2D eigenvalue weighted by Gasteiger charge is -2.37. The Morgan fingerprint density at radius 1 is 1.52 bits per heavy atom. The minimum atomic E-state index is -0.0529. The predicted molar refractivity (Wildman–Crippen MR) is 81.3 cm³/mol. The minimum absolute atomic E-state index is 0.0529. The Balaban J connectivity index is 1.81. The molecule has 116 valence electrons. The summed E-state index contributed by atoms with van der Waals surface area (Å²) in [5.41, 5.74) is 6.76. The van der Waals surface area contributed by atoms with E-state index in [0.717, 1.165) is 11.3 Å². The van der Waals surface area contributed by atoms with E-state index in [1.54, 1.807) is 0 Å². The Bertz CT molecular complexity index is 478. The van der Waals surface area contributed by atoms with Gasteiger partial charge in [0.1, 0.15) is 5.75 Å². The number of carbonyl (C=O) groups is 1. The van der Waals surface area contributed by atoms with Crippen LogP contribution in [0, 0.1) is 6.92 Å². The van der Waals surface area contributed by atoms with Crippen LogP contribution in [0.5, 0.6) is 5.75 Å². The summed E-state index contributed by atoms with van der Waals surface area (Å²) in [4.78, 5) is 14.1. The highest BCUT2D eigenvalue weighted by atomic mass is 16.5. The predicted octanol–water partition coefficient (Wildman–Crippen LogP) is 1.34. The van der Waals surface area contributed by atoms with Crippen LogP contribution in [0.25, 0.3) is 0 Å². The Morgan fingerprint density at radius 3 is 3.05 bits per heavy atom. The van der Waals surface area contributed by atoms with E-state index in [1.165, 1.54) is 0 Å². The Morgan fingerprint density at radius 2 is 2.33 bits per heavy atom. The summed E-state index contributed by atoms with van der Waals surface area (Å²) in [5.74, 6) is 0.898. The molecule has 0 radical (unpaired) electrons. The molecule has 1 heterocycles. The third kappa shape index (κ3) is 4.44. The smallest absolute Gasteiger partial charge is 0.226 e. The molecule has 21 heavy (non-hydrogen) atoms. The van der Waals surface area contributed by atoms with E-state index in [-0.39, 0.29) is 18.1 Å². The van der Waals surface area contributed by atoms with E-state index < -0.39 is 0 Å². The average Bonchev–Trinajstić information content (AvgIpc) is 2.47. The standard InChI is InChI=1S/C16H24N2O3/c1-12-4-3-5-14(8-12)20-7-6-16(19)18-10-15(9-17)21-11-13(18)2/h3-5,8,13,15H,6-7,9-11,17H2,1-2H3. The van der Waals surface area contributed by atoms with Crippen LogP contribution in [0.15, 0.2) is 24.3 Å². The maximum absolute atomic E-state index is 12.3. The monoisotopic (exact) mass is 292 g/mol. The third-order valence-electron chi connectivity index (χ3n) is 3.66. The van der Waals surface area contributed by atoms with E-state index in [9.17, 15) is 4.79 Å². The van der Waals surface area contributed by atoms with Crippen molar-refractivity contribution in [3.05, 3.63) is 29.8 Å². The van der Waals surface area contributed by atoms with Gasteiger partial charge in [-0.2, -0.15) is 0 Å². The maximum atomic E-state index is 12.3. The second kappa shape index (κ2) is 7.43. The number of hydrogen-bond donors (Lipinski definition) is 1. The van der Waals surface area contributed by atoms with E-state index in [2.05, 4.69) is 0 Å². The lowest BCUT2D eigenvalue weighted by molar-refractivity contribution is -0.144. The quantitative estimate of drug-likeness (QED) is 0.889. The molecule has 2 atom stereocenters. The molecule has 5 heteroatoms. The second-order valence-corrected chi connectivity index (χ2v) is 5.50. The number of morpholine rings is 1. The lowest BCUT2D eigenvalue weighted by Crippen LogP contribution is -2.53. The van der Waals surface area contributed by atoms with Gasteiger partial charge in [-0.3, -0.25) is 4.79 Å². The fourth-order valence-electron chi connectivity index (χ4n) is 2.41. The van der Waals surface area contributed by atoms with Gasteiger partial charge in [0.25, 0.3) is 0 Å². The summed E-state index contributed by atoms with van der Waals surface area (Å²) in [5, 5.41) is 0. The van der Waals surface area contributed by atoms with Crippen molar-refractivity contribution in [2.75, 3.05) is 26.3 Å². The fraction of sp³-hybridized carbons (Fsp3) is 0.562. The summed E-state index contributed by atoms with van der Waals surface area (Å²) in [6, 6.07) is 7.92. The van der Waals surface area contributed by atoms with Crippen molar-refractivity contribution in [2.24, 2.45) is 5.73 Å². The molecule has 1 saturated heterocycles. The van der Waals surface area contributed by atoms with Crippen LogP contribution in [0.3, 0.4) is 0 Å². The van der Waals surface area contributed by atoms with Crippen LogP contribution < -0.4 is 10.5 Å². The molecule has 2 rings (SSSR count). The second-order valence-electron chi connectivity index (χ2n) is 5.50. The van der Waals surface area contributed by atoms with E-state index in [1.807, 2.05) is 43.0 Å². The molecule has 1 amide bonds. The molecule has 1 aromatic carbocycles. The number of rotatable bonds is 5. The van der Waals surface area contributed by atoms with Crippen molar-refractivity contribution >= 4 is 5.91 Å². The van der Waals surface area contributed by atoms with E-state index in [0.29, 0.717) is 32.7 Å². The zero-order valence-electron chi connectivity index (χ0n) is 12.7. The van der Waals surface area contributed by atoms with Crippen molar-refractivity contribution in [2.45, 2.75) is 32.4 Å². The molecule has 0 aliphatic carbocycles. The van der Waals surface area contributed by atoms with Gasteiger partial charge in [-0.1, -0.05) is 12.1 Å². The number of benzene rings is 1.